The normalized spacial score (nSPS) is 55.2. The lowest BCUT2D eigenvalue weighted by atomic mass is 9.95. The Labute approximate surface area is 363 Å². The zero-order chi connectivity index (χ0) is 47.4. The molecule has 64 heavy (non-hydrogen) atoms. The minimum Gasteiger partial charge on any atom is -0.479 e. The second kappa shape index (κ2) is 21.0. The van der Waals surface area contributed by atoms with Crippen LogP contribution in [0.3, 0.4) is 0 Å². The number of aliphatic carboxylic acids is 1. The van der Waals surface area contributed by atoms with Crippen molar-refractivity contribution in [2.45, 2.75) is 212 Å². The number of ether oxygens (including phenoxy) is 11. The maximum Gasteiger partial charge on any atom is 0.335 e. The van der Waals surface area contributed by atoms with Gasteiger partial charge < -0.3 is 134 Å². The van der Waals surface area contributed by atoms with Crippen molar-refractivity contribution in [3.05, 3.63) is 0 Å². The summed E-state index contributed by atoms with van der Waals surface area (Å²) >= 11 is 0. The van der Waals surface area contributed by atoms with Crippen molar-refractivity contribution < 1.29 is 139 Å². The van der Waals surface area contributed by atoms with Crippen LogP contribution < -0.4 is 0 Å². The Balaban J connectivity index is 1.26. The molecule has 0 saturated carbocycles. The van der Waals surface area contributed by atoms with Crippen LogP contribution in [-0.2, 0) is 56.9 Å². The highest BCUT2D eigenvalue weighted by Gasteiger charge is 2.57. The van der Waals surface area contributed by atoms with Crippen LogP contribution >= 0.6 is 0 Å². The van der Waals surface area contributed by atoms with Gasteiger partial charge in [-0.2, -0.15) is 0 Å². The van der Waals surface area contributed by atoms with Crippen LogP contribution in [0, 0.1) is 0 Å². The molecule has 0 aliphatic carbocycles. The van der Waals surface area contributed by atoms with Crippen LogP contribution in [0.5, 0.6) is 0 Å². The van der Waals surface area contributed by atoms with Gasteiger partial charge in [0.05, 0.1) is 31.0 Å². The Morgan fingerprint density at radius 3 is 1.16 bits per heavy atom. The van der Waals surface area contributed by atoms with Gasteiger partial charge in [-0.15, -0.1) is 0 Å². The first kappa shape index (κ1) is 51.8. The molecule has 0 amide bonds. The van der Waals surface area contributed by atoms with Gasteiger partial charge in [0.1, 0.15) is 116 Å². The molecule has 6 fully saturated rings. The summed E-state index contributed by atoms with van der Waals surface area (Å²) in [7, 11) is 0. The Morgan fingerprint density at radius 2 is 0.734 bits per heavy atom. The minimum absolute atomic E-state index is 0.928. The van der Waals surface area contributed by atoms with Gasteiger partial charge in [-0.1, -0.05) is 0 Å². The molecular formula is C36H60O28. The van der Waals surface area contributed by atoms with E-state index in [1.807, 2.05) is 0 Å². The van der Waals surface area contributed by atoms with Gasteiger partial charge in [0.25, 0.3) is 0 Å². The van der Waals surface area contributed by atoms with Crippen molar-refractivity contribution in [2.24, 2.45) is 0 Å². The Kier molecular flexibility index (Phi) is 17.0. The molecule has 6 rings (SSSR count). The molecule has 6 aliphatic rings. The third kappa shape index (κ3) is 10.2. The molecule has 0 aromatic rings. The average Bonchev–Trinajstić information content (AvgIpc) is 3.24. The molecule has 0 unspecified atom stereocenters. The van der Waals surface area contributed by atoms with Crippen LogP contribution in [0.1, 0.15) is 27.7 Å². The van der Waals surface area contributed by atoms with E-state index in [4.69, 9.17) is 52.1 Å². The highest BCUT2D eigenvalue weighted by atomic mass is 16.8. The summed E-state index contributed by atoms with van der Waals surface area (Å²) in [5.74, 6) is -1.78. The van der Waals surface area contributed by atoms with E-state index in [-0.39, 0.29) is 0 Å². The van der Waals surface area contributed by atoms with Crippen molar-refractivity contribution in [3.8, 4) is 0 Å². The van der Waals surface area contributed by atoms with E-state index in [1.54, 1.807) is 0 Å². The quantitative estimate of drug-likeness (QED) is 0.0864. The zero-order valence-electron chi connectivity index (χ0n) is 34.6. The molecule has 6 aliphatic heterocycles. The fraction of sp³-hybridized carbons (Fsp3) is 0.972. The highest BCUT2D eigenvalue weighted by Crippen LogP contribution is 2.37. The predicted octanol–water partition coefficient (Wildman–Crippen LogP) is -9.90. The molecule has 16 N–H and O–H groups in total. The standard InChI is InChI=1S/C36H60O28/c1-6-11(38)17(44)26(31(53)54-6)61-33-23(50)24(15(42)10(5-37)58-33)59-34-28(19(46)13(40)7(2)55-34)63-36-29(20(47)14(41)9(4)57-36)64-35-27(18(45)12(39)8(3)56-35)62-32-22(49)16(43)21(48)25(60-32)30(51)52/h6-29,31-50,53H,5H2,1-4H3,(H,51,52)/t6-,7-,8-,9-,10+,11-,12-,13-,14-,15-,16-,17+,18+,19+,20+,21-,22+,23+,24-,25-,26-,27+,28+,29+,31+,32-,33-,34-,35-,36-/m0/s1. The lowest BCUT2D eigenvalue weighted by Crippen LogP contribution is -2.68. The lowest BCUT2D eigenvalue weighted by molar-refractivity contribution is -0.410. The monoisotopic (exact) mass is 940 g/mol. The summed E-state index contributed by atoms with van der Waals surface area (Å²) in [6, 6.07) is 0. The SMILES string of the molecule is C[C@@H]1O[C@@H](O[C@H]2[C@H](O[C@H]3[C@H](O[C@H]4[C@@H](O)[C@@H](CO)O[C@@H](O[C@H]5[C@H](O)[C@@H](O)[C@H](C)O[C@H]5O)[C@@H]4O)O[C@@H](C)[C@H](O)[C@H]3O)O[C@@H](C)[C@H](O)[C@H]2O)[C@H](O[C@@H]2O[C@H](C(=O)O)[C@@H](O)[C@H](O)[C@H]2O)[C@H](O)[C@H]1O. The third-order valence-corrected chi connectivity index (χ3v) is 12.2. The third-order valence-electron chi connectivity index (χ3n) is 12.2. The molecule has 6 heterocycles. The average molecular weight is 941 g/mol. The van der Waals surface area contributed by atoms with Crippen molar-refractivity contribution >= 4 is 5.97 Å². The zero-order valence-corrected chi connectivity index (χ0v) is 34.6. The summed E-state index contributed by atoms with van der Waals surface area (Å²) in [4.78, 5) is 11.7. The molecule has 0 radical (unpaired) electrons. The molecule has 28 heteroatoms. The number of hydrogen-bond acceptors (Lipinski definition) is 27. The Hall–Kier alpha value is -1.57. The molecule has 372 valence electrons. The van der Waals surface area contributed by atoms with Crippen molar-refractivity contribution in [1.29, 1.82) is 0 Å². The number of hydrogen-bond donors (Lipinski definition) is 16. The minimum atomic E-state index is -2.16. The first-order valence-electron chi connectivity index (χ1n) is 20.6. The van der Waals surface area contributed by atoms with E-state index in [0.29, 0.717) is 0 Å². The van der Waals surface area contributed by atoms with Gasteiger partial charge in [0.2, 0.25) is 0 Å². The molecular weight excluding hydrogens is 880 g/mol. The Bertz CT molecular complexity index is 1520. The molecule has 6 saturated heterocycles. The second-order valence-corrected chi connectivity index (χ2v) is 16.7. The highest BCUT2D eigenvalue weighted by molar-refractivity contribution is 5.73. The number of carboxylic acid groups (broad SMARTS) is 1. The Morgan fingerprint density at radius 1 is 0.375 bits per heavy atom. The van der Waals surface area contributed by atoms with E-state index < -0.39 is 197 Å². The number of aliphatic hydroxyl groups excluding tert-OH is 15. The van der Waals surface area contributed by atoms with Gasteiger partial charge >= 0.3 is 5.97 Å². The second-order valence-electron chi connectivity index (χ2n) is 16.7. The molecule has 28 nitrogen and oxygen atoms in total. The number of carboxylic acids is 1. The fourth-order valence-corrected chi connectivity index (χ4v) is 8.20. The summed E-state index contributed by atoms with van der Waals surface area (Å²) in [5, 5.41) is 171. The van der Waals surface area contributed by atoms with Crippen molar-refractivity contribution in [1.82, 2.24) is 0 Å². The van der Waals surface area contributed by atoms with E-state index in [1.165, 1.54) is 27.7 Å². The summed E-state index contributed by atoms with van der Waals surface area (Å²) < 4.78 is 62.4. The molecule has 30 atom stereocenters. The topological polar surface area (TPSA) is 442 Å². The smallest absolute Gasteiger partial charge is 0.335 e. The number of carbonyl (C=O) groups is 1. The first-order valence-corrected chi connectivity index (χ1v) is 20.6. The summed E-state index contributed by atoms with van der Waals surface area (Å²) in [5.41, 5.74) is 0. The van der Waals surface area contributed by atoms with Crippen LogP contribution in [0.4, 0.5) is 0 Å². The van der Waals surface area contributed by atoms with Gasteiger partial charge in [-0.25, -0.2) is 4.79 Å². The predicted molar refractivity (Wildman–Crippen MR) is 194 cm³/mol. The van der Waals surface area contributed by atoms with Gasteiger partial charge in [0, 0.05) is 0 Å². The molecule has 0 aromatic heterocycles. The fourth-order valence-electron chi connectivity index (χ4n) is 8.20. The molecule has 0 aromatic carbocycles. The number of rotatable bonds is 12. The van der Waals surface area contributed by atoms with Crippen LogP contribution in [0.15, 0.2) is 0 Å². The van der Waals surface area contributed by atoms with Crippen molar-refractivity contribution in [2.75, 3.05) is 6.61 Å². The molecule has 0 spiro atoms. The van der Waals surface area contributed by atoms with Gasteiger partial charge in [-0.3, -0.25) is 0 Å². The van der Waals surface area contributed by atoms with Crippen LogP contribution in [0.25, 0.3) is 0 Å². The van der Waals surface area contributed by atoms with E-state index in [9.17, 15) is 86.5 Å². The van der Waals surface area contributed by atoms with Gasteiger partial charge in [0.15, 0.2) is 43.8 Å². The first-order chi connectivity index (χ1) is 30.0. The van der Waals surface area contributed by atoms with E-state index in [0.717, 1.165) is 0 Å². The van der Waals surface area contributed by atoms with Crippen molar-refractivity contribution in [3.63, 3.8) is 0 Å². The maximum absolute atomic E-state index is 11.7. The van der Waals surface area contributed by atoms with Crippen LogP contribution in [0.2, 0.25) is 0 Å². The van der Waals surface area contributed by atoms with Crippen LogP contribution in [-0.4, -0.2) is 279 Å². The summed E-state index contributed by atoms with van der Waals surface area (Å²) in [6.07, 6.45) is -55.1. The molecule has 0 bridgehead atoms. The lowest BCUT2D eigenvalue weighted by Gasteiger charge is -2.50. The number of aliphatic hydroxyl groups is 15. The van der Waals surface area contributed by atoms with E-state index >= 15 is 0 Å². The van der Waals surface area contributed by atoms with E-state index in [2.05, 4.69) is 0 Å². The summed E-state index contributed by atoms with van der Waals surface area (Å²) in [6.45, 7) is 4.30. The largest absolute Gasteiger partial charge is 0.479 e. The van der Waals surface area contributed by atoms with Gasteiger partial charge in [-0.05, 0) is 27.7 Å². The maximum atomic E-state index is 11.7.